The molecule has 0 saturated heterocycles. The Bertz CT molecular complexity index is 782. The number of nitrogens with zero attached hydrogens (tertiary/aromatic N) is 1. The number of likely N-dealkylation sites (N-methyl/N-ethyl adjacent to an activating group) is 1. The summed E-state index contributed by atoms with van der Waals surface area (Å²) in [7, 11) is 1.61. The van der Waals surface area contributed by atoms with Crippen LogP contribution in [0.3, 0.4) is 0 Å². The summed E-state index contributed by atoms with van der Waals surface area (Å²) >= 11 is 0. The number of hydrogen-bond donors (Lipinski definition) is 2. The number of nitrogens with two attached hydrogens (primary N) is 1. The van der Waals surface area contributed by atoms with Gasteiger partial charge in [0.2, 0.25) is 5.91 Å². The summed E-state index contributed by atoms with van der Waals surface area (Å²) < 4.78 is 31.3. The van der Waals surface area contributed by atoms with Crippen molar-refractivity contribution in [2.75, 3.05) is 25.1 Å². The molecule has 0 aliphatic rings. The second-order valence-corrected chi connectivity index (χ2v) is 5.63. The third-order valence-corrected chi connectivity index (χ3v) is 3.52. The highest BCUT2D eigenvalue weighted by molar-refractivity contribution is 5.81. The summed E-state index contributed by atoms with van der Waals surface area (Å²) in [6, 6.07) is 10.3. The summed E-state index contributed by atoms with van der Waals surface area (Å²) in [5.74, 6) is -2.24. The second-order valence-electron chi connectivity index (χ2n) is 5.63. The minimum Gasteiger partial charge on any atom is -0.484 e. The predicted molar refractivity (Wildman–Crippen MR) is 92.6 cm³/mol. The molecule has 138 valence electrons. The maximum atomic E-state index is 13.2. The first-order valence-corrected chi connectivity index (χ1v) is 7.78. The number of carbonyl (C=O) groups is 2. The van der Waals surface area contributed by atoms with E-state index in [1.165, 1.54) is 11.0 Å². The molecule has 8 heteroatoms. The topological polar surface area (TPSA) is 84.7 Å². The molecule has 0 saturated carbocycles. The smallest absolute Gasteiger partial charge is 0.255 e. The molecule has 0 radical (unpaired) electrons. The van der Waals surface area contributed by atoms with E-state index in [1.807, 2.05) is 0 Å². The average Bonchev–Trinajstić information content (AvgIpc) is 2.61. The van der Waals surface area contributed by atoms with Crippen LogP contribution in [0.15, 0.2) is 42.5 Å². The van der Waals surface area contributed by atoms with E-state index in [4.69, 9.17) is 10.5 Å². The number of rotatable bonds is 8. The van der Waals surface area contributed by atoms with Gasteiger partial charge in [0, 0.05) is 25.3 Å². The summed E-state index contributed by atoms with van der Waals surface area (Å²) in [6.07, 6.45) is 0. The second kappa shape index (κ2) is 8.80. The van der Waals surface area contributed by atoms with Crippen LogP contribution < -0.4 is 20.7 Å². The first-order valence-electron chi connectivity index (χ1n) is 7.78. The number of ether oxygens (including phenoxy) is 1. The third-order valence-electron chi connectivity index (χ3n) is 3.52. The van der Waals surface area contributed by atoms with Gasteiger partial charge >= 0.3 is 0 Å². The number of hydrogen-bond acceptors (Lipinski definition) is 4. The number of primary amides is 1. The molecule has 0 fully saturated rings. The standard InChI is InChI=1S/C18H19F2N3O3/c1-23(13-4-7-15(19)16(20)8-13)10-18(25)22-9-12-2-5-14(6-3-12)26-11-17(21)24/h2-8H,9-11H2,1H3,(H2,21,24)(H,22,25). The van der Waals surface area contributed by atoms with E-state index in [0.29, 0.717) is 18.0 Å². The molecule has 3 N–H and O–H groups in total. The fraction of sp³-hybridized carbons (Fsp3) is 0.222. The van der Waals surface area contributed by atoms with Gasteiger partial charge in [-0.2, -0.15) is 0 Å². The van der Waals surface area contributed by atoms with E-state index < -0.39 is 17.5 Å². The minimum atomic E-state index is -0.964. The molecule has 2 amide bonds. The summed E-state index contributed by atoms with van der Waals surface area (Å²) in [4.78, 5) is 24.2. The normalized spacial score (nSPS) is 10.3. The van der Waals surface area contributed by atoms with Gasteiger partial charge in [0.25, 0.3) is 5.91 Å². The van der Waals surface area contributed by atoms with Gasteiger partial charge in [0.15, 0.2) is 18.2 Å². The Morgan fingerprint density at radius 1 is 1.12 bits per heavy atom. The summed E-state index contributed by atoms with van der Waals surface area (Å²) in [5, 5.41) is 2.73. The molecule has 2 aromatic rings. The molecule has 2 aromatic carbocycles. The lowest BCUT2D eigenvalue weighted by molar-refractivity contribution is -0.120. The molecule has 26 heavy (non-hydrogen) atoms. The van der Waals surface area contributed by atoms with E-state index >= 15 is 0 Å². The first-order chi connectivity index (χ1) is 12.3. The van der Waals surface area contributed by atoms with Gasteiger partial charge in [-0.3, -0.25) is 9.59 Å². The average molecular weight is 363 g/mol. The molecule has 0 aliphatic heterocycles. The van der Waals surface area contributed by atoms with Crippen molar-refractivity contribution in [3.8, 4) is 5.75 Å². The van der Waals surface area contributed by atoms with Crippen LogP contribution >= 0.6 is 0 Å². The molecule has 6 nitrogen and oxygen atoms in total. The highest BCUT2D eigenvalue weighted by Gasteiger charge is 2.10. The Morgan fingerprint density at radius 2 is 1.81 bits per heavy atom. The van der Waals surface area contributed by atoms with Gasteiger partial charge in [-0.25, -0.2) is 8.78 Å². The van der Waals surface area contributed by atoms with Crippen molar-refractivity contribution >= 4 is 17.5 Å². The van der Waals surface area contributed by atoms with Crippen molar-refractivity contribution in [2.45, 2.75) is 6.54 Å². The van der Waals surface area contributed by atoms with Crippen LogP contribution in [0.5, 0.6) is 5.75 Å². The zero-order valence-electron chi connectivity index (χ0n) is 14.2. The number of carbonyl (C=O) groups excluding carboxylic acids is 2. The lowest BCUT2D eigenvalue weighted by Crippen LogP contribution is -2.34. The Morgan fingerprint density at radius 3 is 2.42 bits per heavy atom. The van der Waals surface area contributed by atoms with Crippen LogP contribution in [-0.2, 0) is 16.1 Å². The van der Waals surface area contributed by atoms with Crippen molar-refractivity contribution in [1.29, 1.82) is 0 Å². The Hall–Kier alpha value is -3.16. The quantitative estimate of drug-likeness (QED) is 0.746. The van der Waals surface area contributed by atoms with Crippen LogP contribution in [0.25, 0.3) is 0 Å². The molecule has 0 aromatic heterocycles. The molecular formula is C18H19F2N3O3. The van der Waals surface area contributed by atoms with E-state index in [0.717, 1.165) is 17.7 Å². The zero-order valence-corrected chi connectivity index (χ0v) is 14.2. The Labute approximate surface area is 149 Å². The number of amides is 2. The SMILES string of the molecule is CN(CC(=O)NCc1ccc(OCC(N)=O)cc1)c1ccc(F)c(F)c1. The van der Waals surface area contributed by atoms with Gasteiger partial charge in [-0.15, -0.1) is 0 Å². The number of nitrogens with one attached hydrogen (secondary N) is 1. The molecule has 0 heterocycles. The fourth-order valence-electron chi connectivity index (χ4n) is 2.14. The van der Waals surface area contributed by atoms with Gasteiger partial charge in [-0.1, -0.05) is 12.1 Å². The third kappa shape index (κ3) is 5.73. The number of benzene rings is 2. The monoisotopic (exact) mass is 363 g/mol. The lowest BCUT2D eigenvalue weighted by atomic mass is 10.2. The van der Waals surface area contributed by atoms with Gasteiger partial charge in [-0.05, 0) is 29.8 Å². The van der Waals surface area contributed by atoms with Crippen molar-refractivity contribution in [3.05, 3.63) is 59.7 Å². The molecule has 0 spiro atoms. The van der Waals surface area contributed by atoms with Gasteiger partial charge in [0.1, 0.15) is 5.75 Å². The summed E-state index contributed by atoms with van der Waals surface area (Å²) in [6.45, 7) is 0.0812. The molecule has 0 atom stereocenters. The van der Waals surface area contributed by atoms with Crippen LogP contribution in [0, 0.1) is 11.6 Å². The van der Waals surface area contributed by atoms with Crippen LogP contribution in [0.4, 0.5) is 14.5 Å². The fourth-order valence-corrected chi connectivity index (χ4v) is 2.14. The van der Waals surface area contributed by atoms with Crippen molar-refractivity contribution in [2.24, 2.45) is 5.73 Å². The Balaban J connectivity index is 1.82. The van der Waals surface area contributed by atoms with Gasteiger partial charge < -0.3 is 20.7 Å². The van der Waals surface area contributed by atoms with E-state index in [1.54, 1.807) is 31.3 Å². The Kier molecular flexibility index (Phi) is 6.48. The van der Waals surface area contributed by atoms with Crippen LogP contribution in [0.2, 0.25) is 0 Å². The van der Waals surface area contributed by atoms with Crippen LogP contribution in [0.1, 0.15) is 5.56 Å². The van der Waals surface area contributed by atoms with Crippen molar-refractivity contribution in [1.82, 2.24) is 5.32 Å². The van der Waals surface area contributed by atoms with E-state index in [9.17, 15) is 18.4 Å². The van der Waals surface area contributed by atoms with Crippen LogP contribution in [-0.4, -0.2) is 32.0 Å². The van der Waals surface area contributed by atoms with Gasteiger partial charge in [0.05, 0.1) is 6.54 Å². The molecule has 0 bridgehead atoms. The highest BCUT2D eigenvalue weighted by atomic mass is 19.2. The van der Waals surface area contributed by atoms with E-state index in [-0.39, 0.29) is 19.1 Å². The lowest BCUT2D eigenvalue weighted by Gasteiger charge is -2.19. The zero-order chi connectivity index (χ0) is 19.1. The van der Waals surface area contributed by atoms with Crippen molar-refractivity contribution in [3.63, 3.8) is 0 Å². The molecule has 2 rings (SSSR count). The molecule has 0 unspecified atom stereocenters. The number of halogens is 2. The summed E-state index contributed by atoms with van der Waals surface area (Å²) in [5.41, 5.74) is 6.23. The first kappa shape index (κ1) is 19.2. The number of anilines is 1. The maximum Gasteiger partial charge on any atom is 0.255 e. The molecule has 0 aliphatic carbocycles. The largest absolute Gasteiger partial charge is 0.484 e. The minimum absolute atomic E-state index is 0.00905. The predicted octanol–water partition coefficient (Wildman–Crippen LogP) is 1.58. The van der Waals surface area contributed by atoms with E-state index in [2.05, 4.69) is 5.32 Å². The maximum absolute atomic E-state index is 13.2. The molecular weight excluding hydrogens is 344 g/mol. The highest BCUT2D eigenvalue weighted by Crippen LogP contribution is 2.16. The van der Waals surface area contributed by atoms with Crippen molar-refractivity contribution < 1.29 is 23.1 Å².